The van der Waals surface area contributed by atoms with E-state index < -0.39 is 26.1 Å². The number of carbonyl (C=O) groups excluding carboxylic acids is 2. The molecule has 2 rings (SSSR count). The zero-order chi connectivity index (χ0) is 13.7. The van der Waals surface area contributed by atoms with Crippen LogP contribution in [0.2, 0.25) is 0 Å². The van der Waals surface area contributed by atoms with Gasteiger partial charge in [-0.1, -0.05) is 0 Å². The van der Waals surface area contributed by atoms with Gasteiger partial charge in [0.05, 0.1) is 17.7 Å². The molecule has 0 aliphatic carbocycles. The number of likely N-dealkylation sites (N-methyl/N-ethyl adjacent to an activating group) is 1. The lowest BCUT2D eigenvalue weighted by Gasteiger charge is -2.13. The maximum atomic E-state index is 12.0. The van der Waals surface area contributed by atoms with Gasteiger partial charge in [0, 0.05) is 7.05 Å². The summed E-state index contributed by atoms with van der Waals surface area (Å²) < 4.78 is 29.4. The van der Waals surface area contributed by atoms with Gasteiger partial charge in [-0.05, 0) is 33.2 Å². The van der Waals surface area contributed by atoms with Crippen LogP contribution in [0.3, 0.4) is 0 Å². The molecule has 0 saturated carbocycles. The molecule has 0 amide bonds. The fraction of sp³-hybridized carbons (Fsp3) is 0.250. The maximum absolute atomic E-state index is 12.0. The number of rotatable bonds is 2. The molecule has 0 bridgehead atoms. The highest BCUT2D eigenvalue weighted by atomic mass is 35.5. The van der Waals surface area contributed by atoms with E-state index in [0.29, 0.717) is 0 Å². The Bertz CT molecular complexity index is 621. The minimum Gasteiger partial charge on any atom is -0.465 e. The summed E-state index contributed by atoms with van der Waals surface area (Å²) in [5.74, 6) is -0.650. The molecule has 10 heteroatoms. The van der Waals surface area contributed by atoms with Gasteiger partial charge in [0.2, 0.25) is 0 Å². The number of hydrogen-bond acceptors (Lipinski definition) is 7. The summed E-state index contributed by atoms with van der Waals surface area (Å²) in [5, 5.41) is -1.06. The third-order valence-corrected chi connectivity index (χ3v) is 6.99. The molecule has 0 saturated heterocycles. The van der Waals surface area contributed by atoms with E-state index in [-0.39, 0.29) is 15.5 Å². The summed E-state index contributed by atoms with van der Waals surface area (Å²) in [4.78, 5) is 22.6. The van der Waals surface area contributed by atoms with Crippen molar-refractivity contribution in [3.05, 3.63) is 20.4 Å². The van der Waals surface area contributed by atoms with Gasteiger partial charge in [0.25, 0.3) is 15.3 Å². The van der Waals surface area contributed by atoms with Crippen molar-refractivity contribution in [1.29, 1.82) is 0 Å². The Morgan fingerprint density at radius 1 is 1.33 bits per heavy atom. The first-order valence-corrected chi connectivity index (χ1v) is 8.39. The van der Waals surface area contributed by atoms with Gasteiger partial charge in [0.15, 0.2) is 4.91 Å². The van der Waals surface area contributed by atoms with Crippen molar-refractivity contribution in [2.75, 3.05) is 14.2 Å². The van der Waals surface area contributed by atoms with E-state index >= 15 is 0 Å². The number of fused-ring (bicyclic) bond motifs is 1. The standard InChI is InChI=1S/C8H6ClNO5S3/c1-10-3-4(6(7(9)11)18(10,13)14)16-17-5(3)8(12)15-2/h1-2H3. The quantitative estimate of drug-likeness (QED) is 0.425. The summed E-state index contributed by atoms with van der Waals surface area (Å²) >= 11 is 5.30. The van der Waals surface area contributed by atoms with Gasteiger partial charge >= 0.3 is 5.97 Å². The molecule has 0 fully saturated rings. The number of nitrogens with zero attached hydrogens (tertiary/aromatic N) is 1. The monoisotopic (exact) mass is 327 g/mol. The highest BCUT2D eigenvalue weighted by Gasteiger charge is 2.48. The average Bonchev–Trinajstić information content (AvgIpc) is 2.77. The highest BCUT2D eigenvalue weighted by Crippen LogP contribution is 2.57. The van der Waals surface area contributed by atoms with Gasteiger partial charge in [-0.15, -0.1) is 0 Å². The van der Waals surface area contributed by atoms with E-state index in [0.717, 1.165) is 25.9 Å². The van der Waals surface area contributed by atoms with Crippen LogP contribution in [0.15, 0.2) is 20.4 Å². The second kappa shape index (κ2) is 4.48. The van der Waals surface area contributed by atoms with Crippen LogP contribution in [-0.2, 0) is 24.3 Å². The molecule has 2 aliphatic heterocycles. The van der Waals surface area contributed by atoms with Crippen molar-refractivity contribution >= 4 is 54.4 Å². The lowest BCUT2D eigenvalue weighted by molar-refractivity contribution is -0.135. The van der Waals surface area contributed by atoms with Crippen molar-refractivity contribution in [2.24, 2.45) is 0 Å². The van der Waals surface area contributed by atoms with Crippen LogP contribution in [0.4, 0.5) is 0 Å². The Morgan fingerprint density at radius 2 is 1.94 bits per heavy atom. The first kappa shape index (κ1) is 13.8. The van der Waals surface area contributed by atoms with Gasteiger partial charge < -0.3 is 4.74 Å². The molecule has 0 atom stereocenters. The fourth-order valence-corrected chi connectivity index (χ4v) is 6.49. The summed E-state index contributed by atoms with van der Waals surface area (Å²) in [5.41, 5.74) is 0.154. The largest absolute Gasteiger partial charge is 0.465 e. The average molecular weight is 328 g/mol. The Kier molecular flexibility index (Phi) is 3.43. The predicted octanol–water partition coefficient (Wildman–Crippen LogP) is 1.02. The fourth-order valence-electron chi connectivity index (χ4n) is 1.49. The molecule has 2 aliphatic rings. The molecule has 0 radical (unpaired) electrons. The predicted molar refractivity (Wildman–Crippen MR) is 68.8 cm³/mol. The van der Waals surface area contributed by atoms with Crippen LogP contribution < -0.4 is 0 Å². The third-order valence-electron chi connectivity index (χ3n) is 2.33. The van der Waals surface area contributed by atoms with E-state index in [1.54, 1.807) is 0 Å². The second-order valence-corrected chi connectivity index (χ2v) is 7.64. The van der Waals surface area contributed by atoms with Crippen LogP contribution in [0.1, 0.15) is 0 Å². The molecule has 6 nitrogen and oxygen atoms in total. The van der Waals surface area contributed by atoms with E-state index in [1.165, 1.54) is 14.2 Å². The second-order valence-electron chi connectivity index (χ2n) is 3.24. The minimum absolute atomic E-state index is 0.136. The SMILES string of the molecule is COC(=O)C1=C2C(=C(C(=O)Cl)S(=O)(=O)N2C)SS1. The van der Waals surface area contributed by atoms with Crippen LogP contribution in [0.25, 0.3) is 0 Å². The van der Waals surface area contributed by atoms with Crippen molar-refractivity contribution in [2.45, 2.75) is 0 Å². The van der Waals surface area contributed by atoms with E-state index in [4.69, 9.17) is 11.6 Å². The normalized spacial score (nSPS) is 21.4. The molecule has 18 heavy (non-hydrogen) atoms. The Labute approximate surface area is 116 Å². The lowest BCUT2D eigenvalue weighted by Crippen LogP contribution is -2.23. The van der Waals surface area contributed by atoms with Crippen LogP contribution in [-0.4, -0.2) is 38.1 Å². The van der Waals surface area contributed by atoms with Gasteiger partial charge in [0.1, 0.15) is 4.91 Å². The van der Waals surface area contributed by atoms with Crippen molar-refractivity contribution in [3.8, 4) is 0 Å². The van der Waals surface area contributed by atoms with E-state index in [1.807, 2.05) is 0 Å². The summed E-state index contributed by atoms with van der Waals surface area (Å²) in [6.07, 6.45) is 0. The molecule has 0 aromatic rings. The molecule has 0 aromatic heterocycles. The Balaban J connectivity index is 2.71. The number of esters is 1. The van der Waals surface area contributed by atoms with E-state index in [9.17, 15) is 18.0 Å². The first-order chi connectivity index (χ1) is 8.32. The smallest absolute Gasteiger partial charge is 0.347 e. The summed E-state index contributed by atoms with van der Waals surface area (Å²) in [6.45, 7) is 0. The Morgan fingerprint density at radius 3 is 2.44 bits per heavy atom. The van der Waals surface area contributed by atoms with Crippen molar-refractivity contribution in [1.82, 2.24) is 4.31 Å². The number of hydrogen-bond donors (Lipinski definition) is 0. The van der Waals surface area contributed by atoms with Gasteiger partial charge in [-0.25, -0.2) is 13.2 Å². The van der Waals surface area contributed by atoms with Crippen molar-refractivity contribution in [3.63, 3.8) is 0 Å². The Hall–Kier alpha value is -0.640. The molecule has 0 N–H and O–H groups in total. The molecule has 2 heterocycles. The first-order valence-electron chi connectivity index (χ1n) is 4.43. The third kappa shape index (κ3) is 1.77. The van der Waals surface area contributed by atoms with Crippen LogP contribution in [0, 0.1) is 0 Å². The zero-order valence-corrected chi connectivity index (χ0v) is 12.3. The van der Waals surface area contributed by atoms with Gasteiger partial charge in [-0.2, -0.15) is 0 Å². The van der Waals surface area contributed by atoms with E-state index in [2.05, 4.69) is 4.74 Å². The summed E-state index contributed by atoms with van der Waals surface area (Å²) in [6, 6.07) is 0. The lowest BCUT2D eigenvalue weighted by atomic mass is 10.3. The molecule has 0 spiro atoms. The number of halogens is 1. The van der Waals surface area contributed by atoms with Crippen LogP contribution in [0.5, 0.6) is 0 Å². The molecular formula is C8H6ClNO5S3. The molecular weight excluding hydrogens is 322 g/mol. The maximum Gasteiger partial charge on any atom is 0.347 e. The van der Waals surface area contributed by atoms with Crippen LogP contribution >= 0.6 is 33.2 Å². The number of methoxy groups -OCH3 is 1. The number of allylic oxidation sites excluding steroid dienone is 1. The molecule has 98 valence electrons. The molecule has 0 aromatic carbocycles. The van der Waals surface area contributed by atoms with Crippen molar-refractivity contribution < 1.29 is 22.7 Å². The number of carbonyl (C=O) groups is 2. The number of ether oxygens (including phenoxy) is 1. The topological polar surface area (TPSA) is 80.8 Å². The summed E-state index contributed by atoms with van der Waals surface area (Å²) in [7, 11) is 0.526. The molecule has 0 unspecified atom stereocenters. The highest BCUT2D eigenvalue weighted by molar-refractivity contribution is 8.80. The zero-order valence-electron chi connectivity index (χ0n) is 9.09. The van der Waals surface area contributed by atoms with Gasteiger partial charge in [-0.3, -0.25) is 9.10 Å². The number of sulfonamides is 1. The minimum atomic E-state index is -3.97.